The molecule has 0 fully saturated rings. The van der Waals surface area contributed by atoms with E-state index in [1.165, 1.54) is 6.26 Å². The van der Waals surface area contributed by atoms with E-state index in [0.717, 1.165) is 15.8 Å². The van der Waals surface area contributed by atoms with Crippen molar-refractivity contribution < 1.29 is 13.6 Å². The second-order valence-electron chi connectivity index (χ2n) is 4.85. The molecule has 2 heterocycles. The van der Waals surface area contributed by atoms with Crippen LogP contribution in [0.1, 0.15) is 21.9 Å². The number of hydrogen-bond donors (Lipinski definition) is 1. The fourth-order valence-electron chi connectivity index (χ4n) is 2.13. The summed E-state index contributed by atoms with van der Waals surface area (Å²) >= 11 is 3.40. The van der Waals surface area contributed by atoms with Crippen LogP contribution >= 0.6 is 15.9 Å². The molecule has 22 heavy (non-hydrogen) atoms. The van der Waals surface area contributed by atoms with E-state index < -0.39 is 0 Å². The molecule has 0 aliphatic heterocycles. The molecule has 3 rings (SSSR count). The van der Waals surface area contributed by atoms with E-state index in [2.05, 4.69) is 21.2 Å². The molecule has 1 amide bonds. The number of furan rings is 2. The monoisotopic (exact) mass is 359 g/mol. The molecular formula is C17H14BrNO3. The van der Waals surface area contributed by atoms with Crippen molar-refractivity contribution in [2.45, 2.75) is 13.5 Å². The lowest BCUT2D eigenvalue weighted by atomic mass is 10.2. The minimum atomic E-state index is -0.173. The van der Waals surface area contributed by atoms with Gasteiger partial charge in [-0.2, -0.15) is 0 Å². The second-order valence-corrected chi connectivity index (χ2v) is 5.76. The first-order valence-corrected chi connectivity index (χ1v) is 7.60. The molecule has 0 saturated carbocycles. The van der Waals surface area contributed by atoms with Gasteiger partial charge in [0.25, 0.3) is 5.91 Å². The topological polar surface area (TPSA) is 55.4 Å². The minimum Gasteiger partial charge on any atom is -0.469 e. The van der Waals surface area contributed by atoms with Crippen molar-refractivity contribution in [3.63, 3.8) is 0 Å². The number of carbonyl (C=O) groups is 1. The highest BCUT2D eigenvalue weighted by Crippen LogP contribution is 2.24. The molecule has 112 valence electrons. The molecule has 1 N–H and O–H groups in total. The summed E-state index contributed by atoms with van der Waals surface area (Å²) in [6.45, 7) is 2.09. The fraction of sp³-hybridized carbons (Fsp3) is 0.118. The quantitative estimate of drug-likeness (QED) is 0.743. The Balaban J connectivity index is 1.66. The number of carbonyl (C=O) groups excluding carboxylic acids is 1. The van der Waals surface area contributed by atoms with Crippen LogP contribution in [0.4, 0.5) is 0 Å². The third-order valence-corrected chi connectivity index (χ3v) is 3.85. The normalized spacial score (nSPS) is 10.6. The van der Waals surface area contributed by atoms with Gasteiger partial charge in [-0.3, -0.25) is 4.79 Å². The van der Waals surface area contributed by atoms with Gasteiger partial charge < -0.3 is 14.2 Å². The number of amides is 1. The number of hydrogen-bond acceptors (Lipinski definition) is 3. The zero-order valence-electron chi connectivity index (χ0n) is 11.9. The molecule has 0 atom stereocenters. The molecule has 0 aliphatic carbocycles. The van der Waals surface area contributed by atoms with Crippen LogP contribution in [0.5, 0.6) is 0 Å². The number of benzene rings is 1. The van der Waals surface area contributed by atoms with Crippen molar-refractivity contribution in [1.29, 1.82) is 0 Å². The number of halogens is 1. The highest BCUT2D eigenvalue weighted by molar-refractivity contribution is 9.10. The smallest absolute Gasteiger partial charge is 0.255 e. The summed E-state index contributed by atoms with van der Waals surface area (Å²) in [5.74, 6) is 1.91. The highest BCUT2D eigenvalue weighted by Gasteiger charge is 2.12. The summed E-state index contributed by atoms with van der Waals surface area (Å²) in [5.41, 5.74) is 1.53. The Kier molecular flexibility index (Phi) is 4.15. The molecule has 0 unspecified atom stereocenters. The summed E-state index contributed by atoms with van der Waals surface area (Å²) in [6.07, 6.45) is 1.50. The predicted molar refractivity (Wildman–Crippen MR) is 86.5 cm³/mol. The molecule has 0 radical (unpaired) electrons. The second kappa shape index (κ2) is 6.23. The van der Waals surface area contributed by atoms with Gasteiger partial charge in [-0.15, -0.1) is 0 Å². The van der Waals surface area contributed by atoms with E-state index in [1.54, 1.807) is 13.0 Å². The van der Waals surface area contributed by atoms with Crippen LogP contribution in [0, 0.1) is 6.92 Å². The fourth-order valence-corrected chi connectivity index (χ4v) is 2.39. The zero-order valence-corrected chi connectivity index (χ0v) is 13.5. The van der Waals surface area contributed by atoms with Gasteiger partial charge in [0.05, 0.1) is 18.4 Å². The van der Waals surface area contributed by atoms with E-state index in [1.807, 2.05) is 36.4 Å². The third kappa shape index (κ3) is 3.14. The molecule has 0 saturated heterocycles. The maximum atomic E-state index is 12.0. The number of aryl methyl sites for hydroxylation is 1. The SMILES string of the molecule is Cc1occc1C(=O)NCc1ccc(-c2ccc(Br)cc2)o1. The van der Waals surface area contributed by atoms with E-state index in [-0.39, 0.29) is 5.91 Å². The summed E-state index contributed by atoms with van der Waals surface area (Å²) in [6, 6.07) is 13.3. The zero-order chi connectivity index (χ0) is 15.5. The van der Waals surface area contributed by atoms with Crippen molar-refractivity contribution in [2.75, 3.05) is 0 Å². The molecule has 0 bridgehead atoms. The Bertz CT molecular complexity index is 786. The standard InChI is InChI=1S/C17H14BrNO3/c1-11-15(8-9-21-11)17(20)19-10-14-6-7-16(22-14)12-2-4-13(18)5-3-12/h2-9H,10H2,1H3,(H,19,20). The molecule has 5 heteroatoms. The Labute approximate surface area is 136 Å². The van der Waals surface area contributed by atoms with Crippen LogP contribution in [0.3, 0.4) is 0 Å². The van der Waals surface area contributed by atoms with Crippen LogP contribution in [-0.2, 0) is 6.54 Å². The first kappa shape index (κ1) is 14.7. The van der Waals surface area contributed by atoms with Crippen molar-refractivity contribution in [1.82, 2.24) is 5.32 Å². The first-order chi connectivity index (χ1) is 10.6. The largest absolute Gasteiger partial charge is 0.469 e. The van der Waals surface area contributed by atoms with Crippen molar-refractivity contribution in [3.05, 3.63) is 70.3 Å². The number of nitrogens with one attached hydrogen (secondary N) is 1. The average Bonchev–Trinajstić information content (AvgIpc) is 3.14. The van der Waals surface area contributed by atoms with E-state index in [4.69, 9.17) is 8.83 Å². The number of rotatable bonds is 4. The van der Waals surface area contributed by atoms with Gasteiger partial charge in [0.1, 0.15) is 17.3 Å². The average molecular weight is 360 g/mol. The summed E-state index contributed by atoms with van der Waals surface area (Å²) in [4.78, 5) is 12.0. The summed E-state index contributed by atoms with van der Waals surface area (Å²) in [7, 11) is 0. The molecule has 2 aromatic heterocycles. The predicted octanol–water partition coefficient (Wildman–Crippen LogP) is 4.54. The first-order valence-electron chi connectivity index (χ1n) is 6.80. The Morgan fingerprint density at radius 1 is 1.14 bits per heavy atom. The van der Waals surface area contributed by atoms with Gasteiger partial charge in [0, 0.05) is 10.0 Å². The van der Waals surface area contributed by atoms with Crippen molar-refractivity contribution in [3.8, 4) is 11.3 Å². The third-order valence-electron chi connectivity index (χ3n) is 3.32. The van der Waals surface area contributed by atoms with Crippen LogP contribution in [-0.4, -0.2) is 5.91 Å². The van der Waals surface area contributed by atoms with Crippen molar-refractivity contribution in [2.24, 2.45) is 0 Å². The van der Waals surface area contributed by atoms with Gasteiger partial charge in [0.15, 0.2) is 0 Å². The minimum absolute atomic E-state index is 0.173. The highest BCUT2D eigenvalue weighted by atomic mass is 79.9. The van der Waals surface area contributed by atoms with E-state index in [9.17, 15) is 4.79 Å². The maximum absolute atomic E-state index is 12.0. The van der Waals surface area contributed by atoms with Crippen LogP contribution in [0.2, 0.25) is 0 Å². The Morgan fingerprint density at radius 2 is 1.91 bits per heavy atom. The van der Waals surface area contributed by atoms with Crippen LogP contribution < -0.4 is 5.32 Å². The Hall–Kier alpha value is -2.27. The lowest BCUT2D eigenvalue weighted by Gasteiger charge is -2.02. The molecule has 1 aromatic carbocycles. The summed E-state index contributed by atoms with van der Waals surface area (Å²) in [5, 5.41) is 2.82. The maximum Gasteiger partial charge on any atom is 0.255 e. The molecule has 4 nitrogen and oxygen atoms in total. The van der Waals surface area contributed by atoms with Crippen LogP contribution in [0.25, 0.3) is 11.3 Å². The molecule has 0 spiro atoms. The molecule has 3 aromatic rings. The van der Waals surface area contributed by atoms with Gasteiger partial charge in [-0.05, 0) is 37.3 Å². The lowest BCUT2D eigenvalue weighted by Crippen LogP contribution is -2.22. The van der Waals surface area contributed by atoms with E-state index >= 15 is 0 Å². The molecule has 0 aliphatic rings. The van der Waals surface area contributed by atoms with Gasteiger partial charge >= 0.3 is 0 Å². The summed E-state index contributed by atoms with van der Waals surface area (Å²) < 4.78 is 11.9. The Morgan fingerprint density at radius 3 is 2.59 bits per heavy atom. The van der Waals surface area contributed by atoms with Gasteiger partial charge in [0.2, 0.25) is 0 Å². The lowest BCUT2D eigenvalue weighted by molar-refractivity contribution is 0.0946. The van der Waals surface area contributed by atoms with Gasteiger partial charge in [-0.1, -0.05) is 28.1 Å². The molecular weight excluding hydrogens is 346 g/mol. The van der Waals surface area contributed by atoms with Crippen LogP contribution in [0.15, 0.2) is 62.0 Å². The van der Waals surface area contributed by atoms with E-state index in [0.29, 0.717) is 23.6 Å². The van der Waals surface area contributed by atoms with Gasteiger partial charge in [-0.25, -0.2) is 0 Å². The van der Waals surface area contributed by atoms with Crippen molar-refractivity contribution >= 4 is 21.8 Å².